The highest BCUT2D eigenvalue weighted by Crippen LogP contribution is 2.27. The quantitative estimate of drug-likeness (QED) is 0.304. The largest absolute Gasteiger partial charge is 0.351 e. The van der Waals surface area contributed by atoms with Crippen molar-refractivity contribution in [2.24, 2.45) is 5.92 Å². The Bertz CT molecular complexity index is 1360. The van der Waals surface area contributed by atoms with Crippen LogP contribution in [0, 0.1) is 5.92 Å². The van der Waals surface area contributed by atoms with E-state index in [1.807, 2.05) is 68.6 Å². The number of amides is 2. The summed E-state index contributed by atoms with van der Waals surface area (Å²) in [5, 5.41) is 11.1. The van der Waals surface area contributed by atoms with Gasteiger partial charge in [-0.25, -0.2) is 4.68 Å². The standard InChI is InChI=1S/C29H27ClN4O2/c1-20(2)18-31-29(36)26(32-28(35)22-9-5-3-6-10-22)17-23-19-34(25-11-7-4-8-12-25)33-27(23)21-13-15-24(30)16-14-21/h3-17,19-20H,18H2,1-2H3,(H,31,36)(H,32,35)/b26-17+. The molecule has 0 saturated carbocycles. The summed E-state index contributed by atoms with van der Waals surface area (Å²) in [6.45, 7) is 4.49. The summed E-state index contributed by atoms with van der Waals surface area (Å²) in [7, 11) is 0. The van der Waals surface area contributed by atoms with E-state index in [2.05, 4.69) is 10.6 Å². The number of halogens is 1. The molecule has 0 spiro atoms. The fourth-order valence-electron chi connectivity index (χ4n) is 3.53. The van der Waals surface area contributed by atoms with Crippen molar-refractivity contribution < 1.29 is 9.59 Å². The number of benzene rings is 3. The lowest BCUT2D eigenvalue weighted by Gasteiger charge is -2.12. The summed E-state index contributed by atoms with van der Waals surface area (Å²) in [6, 6.07) is 25.8. The van der Waals surface area contributed by atoms with Crippen LogP contribution < -0.4 is 10.6 Å². The summed E-state index contributed by atoms with van der Waals surface area (Å²) in [4.78, 5) is 26.1. The second-order valence-corrected chi connectivity index (χ2v) is 9.14. The SMILES string of the molecule is CC(C)CNC(=O)/C(=C\c1cn(-c2ccccc2)nc1-c1ccc(Cl)cc1)NC(=O)c1ccccc1. The Kier molecular flexibility index (Phi) is 7.98. The van der Waals surface area contributed by atoms with Gasteiger partial charge < -0.3 is 10.6 Å². The molecule has 4 rings (SSSR count). The third-order valence-corrected chi connectivity index (χ3v) is 5.63. The Morgan fingerprint density at radius 1 is 0.944 bits per heavy atom. The van der Waals surface area contributed by atoms with Crippen LogP contribution in [0.5, 0.6) is 0 Å². The highest BCUT2D eigenvalue weighted by molar-refractivity contribution is 6.30. The first-order valence-electron chi connectivity index (χ1n) is 11.7. The fourth-order valence-corrected chi connectivity index (χ4v) is 3.65. The topological polar surface area (TPSA) is 76.0 Å². The number of hydrogen-bond acceptors (Lipinski definition) is 3. The van der Waals surface area contributed by atoms with E-state index in [-0.39, 0.29) is 23.4 Å². The van der Waals surface area contributed by atoms with E-state index < -0.39 is 0 Å². The second-order valence-electron chi connectivity index (χ2n) is 8.70. The molecular weight excluding hydrogens is 472 g/mol. The number of carbonyl (C=O) groups is 2. The third-order valence-electron chi connectivity index (χ3n) is 5.38. The molecule has 0 aliphatic carbocycles. The van der Waals surface area contributed by atoms with Gasteiger partial charge in [-0.1, -0.05) is 74.0 Å². The molecule has 1 aromatic heterocycles. The predicted octanol–water partition coefficient (Wildman–Crippen LogP) is 5.74. The van der Waals surface area contributed by atoms with Crippen molar-refractivity contribution in [1.82, 2.24) is 20.4 Å². The predicted molar refractivity (Wildman–Crippen MR) is 144 cm³/mol. The molecule has 0 radical (unpaired) electrons. The van der Waals surface area contributed by atoms with Gasteiger partial charge in [0.05, 0.1) is 5.69 Å². The molecule has 2 amide bonds. The number of nitrogens with one attached hydrogen (secondary N) is 2. The van der Waals surface area contributed by atoms with Crippen molar-refractivity contribution in [2.75, 3.05) is 6.54 Å². The number of carbonyl (C=O) groups excluding carboxylic acids is 2. The van der Waals surface area contributed by atoms with E-state index in [0.29, 0.717) is 28.4 Å². The second kappa shape index (κ2) is 11.5. The molecule has 0 unspecified atom stereocenters. The molecule has 4 aromatic rings. The summed E-state index contributed by atoms with van der Waals surface area (Å²) >= 11 is 6.10. The van der Waals surface area contributed by atoms with Crippen LogP contribution in [0.25, 0.3) is 23.0 Å². The highest BCUT2D eigenvalue weighted by Gasteiger charge is 2.18. The van der Waals surface area contributed by atoms with Gasteiger partial charge in [-0.3, -0.25) is 9.59 Å². The number of aromatic nitrogens is 2. The van der Waals surface area contributed by atoms with Crippen molar-refractivity contribution in [3.05, 3.63) is 113 Å². The lowest BCUT2D eigenvalue weighted by atomic mass is 10.1. The van der Waals surface area contributed by atoms with Crippen LogP contribution in [0.4, 0.5) is 0 Å². The van der Waals surface area contributed by atoms with Crippen molar-refractivity contribution in [2.45, 2.75) is 13.8 Å². The van der Waals surface area contributed by atoms with Crippen molar-refractivity contribution >= 4 is 29.5 Å². The molecule has 7 heteroatoms. The maximum Gasteiger partial charge on any atom is 0.267 e. The minimum atomic E-state index is -0.373. The Labute approximate surface area is 215 Å². The van der Waals surface area contributed by atoms with Crippen LogP contribution in [0.15, 0.2) is 96.8 Å². The molecule has 0 bridgehead atoms. The van der Waals surface area contributed by atoms with Crippen LogP contribution in [0.1, 0.15) is 29.8 Å². The average Bonchev–Trinajstić information content (AvgIpc) is 3.32. The smallest absolute Gasteiger partial charge is 0.267 e. The first-order valence-corrected chi connectivity index (χ1v) is 12.1. The fraction of sp³-hybridized carbons (Fsp3) is 0.138. The monoisotopic (exact) mass is 498 g/mol. The van der Waals surface area contributed by atoms with Crippen LogP contribution in [-0.4, -0.2) is 28.1 Å². The van der Waals surface area contributed by atoms with Crippen LogP contribution in [0.3, 0.4) is 0 Å². The first-order chi connectivity index (χ1) is 17.4. The Morgan fingerprint density at radius 3 is 2.22 bits per heavy atom. The lowest BCUT2D eigenvalue weighted by Crippen LogP contribution is -2.36. The molecule has 0 atom stereocenters. The molecule has 0 aliphatic rings. The summed E-state index contributed by atoms with van der Waals surface area (Å²) in [5.74, 6) is -0.488. The van der Waals surface area contributed by atoms with Gasteiger partial charge >= 0.3 is 0 Å². The molecule has 3 aromatic carbocycles. The normalized spacial score (nSPS) is 11.4. The van der Waals surface area contributed by atoms with Crippen LogP contribution in [0.2, 0.25) is 5.02 Å². The minimum Gasteiger partial charge on any atom is -0.351 e. The van der Waals surface area contributed by atoms with Crippen LogP contribution >= 0.6 is 11.6 Å². The summed E-state index contributed by atoms with van der Waals surface area (Å²) in [6.07, 6.45) is 3.50. The Balaban J connectivity index is 1.78. The highest BCUT2D eigenvalue weighted by atomic mass is 35.5. The molecule has 0 fully saturated rings. The van der Waals surface area contributed by atoms with Gasteiger partial charge in [0.15, 0.2) is 0 Å². The minimum absolute atomic E-state index is 0.132. The summed E-state index contributed by atoms with van der Waals surface area (Å²) < 4.78 is 1.75. The van der Waals surface area contributed by atoms with E-state index in [1.165, 1.54) is 0 Å². The number of hydrogen-bond donors (Lipinski definition) is 2. The molecule has 36 heavy (non-hydrogen) atoms. The van der Waals surface area contributed by atoms with E-state index >= 15 is 0 Å². The van der Waals surface area contributed by atoms with E-state index in [0.717, 1.165) is 11.3 Å². The van der Waals surface area contributed by atoms with Gasteiger partial charge in [0.1, 0.15) is 11.4 Å². The van der Waals surface area contributed by atoms with Crippen molar-refractivity contribution in [3.63, 3.8) is 0 Å². The maximum atomic E-state index is 13.1. The molecule has 0 aliphatic heterocycles. The molecule has 0 saturated heterocycles. The molecular formula is C29H27ClN4O2. The van der Waals surface area contributed by atoms with Crippen LogP contribution in [-0.2, 0) is 4.79 Å². The van der Waals surface area contributed by atoms with Gasteiger partial charge in [0, 0.05) is 34.5 Å². The van der Waals surface area contributed by atoms with E-state index in [1.54, 1.807) is 47.2 Å². The first kappa shape index (κ1) is 24.9. The Morgan fingerprint density at radius 2 is 1.58 bits per heavy atom. The zero-order valence-electron chi connectivity index (χ0n) is 20.1. The molecule has 6 nitrogen and oxygen atoms in total. The number of rotatable bonds is 8. The third kappa shape index (κ3) is 6.29. The van der Waals surface area contributed by atoms with E-state index in [9.17, 15) is 9.59 Å². The molecule has 2 N–H and O–H groups in total. The zero-order chi connectivity index (χ0) is 25.5. The molecule has 1 heterocycles. The zero-order valence-corrected chi connectivity index (χ0v) is 20.9. The van der Waals surface area contributed by atoms with Gasteiger partial charge in [-0.15, -0.1) is 0 Å². The van der Waals surface area contributed by atoms with Crippen molar-refractivity contribution in [3.8, 4) is 16.9 Å². The van der Waals surface area contributed by atoms with Gasteiger partial charge in [0.25, 0.3) is 11.8 Å². The molecule has 182 valence electrons. The van der Waals surface area contributed by atoms with E-state index in [4.69, 9.17) is 16.7 Å². The average molecular weight is 499 g/mol. The number of nitrogens with zero attached hydrogens (tertiary/aromatic N) is 2. The number of para-hydroxylation sites is 1. The summed E-state index contributed by atoms with van der Waals surface area (Å²) in [5.41, 5.74) is 3.61. The van der Waals surface area contributed by atoms with Crippen molar-refractivity contribution in [1.29, 1.82) is 0 Å². The maximum absolute atomic E-state index is 13.1. The van der Waals surface area contributed by atoms with Gasteiger partial charge in [-0.2, -0.15) is 5.10 Å². The lowest BCUT2D eigenvalue weighted by molar-refractivity contribution is -0.117. The van der Waals surface area contributed by atoms with Gasteiger partial charge in [0.2, 0.25) is 0 Å². The Hall–Kier alpha value is -4.16. The van der Waals surface area contributed by atoms with Gasteiger partial charge in [-0.05, 0) is 48.4 Å².